The number of fused-ring (bicyclic) bond motifs is 4. The minimum atomic E-state index is -4.51. The van der Waals surface area contributed by atoms with Gasteiger partial charge in [0, 0.05) is 34.4 Å². The van der Waals surface area contributed by atoms with E-state index >= 15 is 0 Å². The number of hydrogen-bond donors (Lipinski definition) is 1. The lowest BCUT2D eigenvalue weighted by molar-refractivity contribution is -0.161. The number of anilines is 1. The quantitative estimate of drug-likeness (QED) is 0.210. The van der Waals surface area contributed by atoms with Gasteiger partial charge in [-0.05, 0) is 54.5 Å². The molecule has 0 bridgehead atoms. The first-order valence-corrected chi connectivity index (χ1v) is 16.2. The largest absolute Gasteiger partial charge is 0.406 e. The lowest BCUT2D eigenvalue weighted by Crippen LogP contribution is -2.51. The molecule has 1 aromatic heterocycles. The predicted octanol–water partition coefficient (Wildman–Crippen LogP) is 8.60. The number of benzene rings is 3. The number of amides is 2. The van der Waals surface area contributed by atoms with Crippen LogP contribution in [0.25, 0.3) is 21.2 Å². The number of nitrogens with one attached hydrogen (secondary N) is 1. The van der Waals surface area contributed by atoms with E-state index < -0.39 is 24.5 Å². The molecule has 2 aliphatic rings. The van der Waals surface area contributed by atoms with Crippen molar-refractivity contribution < 1.29 is 22.8 Å². The summed E-state index contributed by atoms with van der Waals surface area (Å²) in [5, 5.41) is 4.44. The molecule has 2 heterocycles. The number of carbonyl (C=O) groups is 2. The van der Waals surface area contributed by atoms with Crippen LogP contribution in [0.3, 0.4) is 0 Å². The lowest BCUT2D eigenvalue weighted by atomic mass is 9.92. The van der Waals surface area contributed by atoms with Crippen LogP contribution in [-0.2, 0) is 4.79 Å². The summed E-state index contributed by atoms with van der Waals surface area (Å²) in [5.74, 6) is -1.71. The van der Waals surface area contributed by atoms with Gasteiger partial charge in [0.1, 0.15) is 17.6 Å². The molecule has 4 aromatic rings. The van der Waals surface area contributed by atoms with E-state index in [4.69, 9.17) is 11.6 Å². The number of hydrogen-bond acceptors (Lipinski definition) is 4. The highest BCUT2D eigenvalue weighted by molar-refractivity contribution is 7.21. The van der Waals surface area contributed by atoms with Crippen LogP contribution in [0.4, 0.5) is 18.9 Å². The normalized spacial score (nSPS) is 17.8. The molecule has 1 saturated heterocycles. The van der Waals surface area contributed by atoms with Gasteiger partial charge in [-0.1, -0.05) is 79.5 Å². The van der Waals surface area contributed by atoms with Crippen LogP contribution in [0, 0.1) is 0 Å². The van der Waals surface area contributed by atoms with Gasteiger partial charge in [0.15, 0.2) is 0 Å². The first-order valence-electron chi connectivity index (χ1n) is 15.0. The monoisotopic (exact) mass is 639 g/mol. The van der Waals surface area contributed by atoms with Crippen LogP contribution in [0.5, 0.6) is 0 Å². The fourth-order valence-electron chi connectivity index (χ4n) is 6.51. The fraction of sp³-hybridized carbons (Fsp3) is 0.353. The fourth-order valence-corrected chi connectivity index (χ4v) is 7.93. The van der Waals surface area contributed by atoms with Crippen molar-refractivity contribution in [2.45, 2.75) is 57.3 Å². The van der Waals surface area contributed by atoms with Gasteiger partial charge in [-0.3, -0.25) is 9.59 Å². The molecule has 3 aromatic carbocycles. The zero-order valence-electron chi connectivity index (χ0n) is 24.3. The van der Waals surface area contributed by atoms with Crippen molar-refractivity contribution in [3.63, 3.8) is 0 Å². The van der Waals surface area contributed by atoms with Gasteiger partial charge in [-0.25, -0.2) is 0 Å². The number of unbranched alkanes of at least 4 members (excludes halogenated alkanes) is 1. The summed E-state index contributed by atoms with van der Waals surface area (Å²) in [4.78, 5) is 31.3. The third kappa shape index (κ3) is 5.79. The average Bonchev–Trinajstić information content (AvgIpc) is 3.54. The molecule has 1 aliphatic carbocycles. The smallest absolute Gasteiger partial charge is 0.351 e. The summed E-state index contributed by atoms with van der Waals surface area (Å²) in [7, 11) is 0. The number of piperidine rings is 1. The molecule has 1 aliphatic heterocycles. The van der Waals surface area contributed by atoms with Crippen molar-refractivity contribution in [3.8, 4) is 11.1 Å². The number of halogens is 4. The molecule has 0 spiro atoms. The highest BCUT2D eigenvalue weighted by Gasteiger charge is 2.42. The summed E-state index contributed by atoms with van der Waals surface area (Å²) in [5.41, 5.74) is 3.84. The first kappa shape index (κ1) is 30.5. The van der Waals surface area contributed by atoms with Gasteiger partial charge in [0.2, 0.25) is 5.91 Å². The van der Waals surface area contributed by atoms with Crippen molar-refractivity contribution >= 4 is 50.5 Å². The molecule has 0 saturated carbocycles. The van der Waals surface area contributed by atoms with E-state index in [-0.39, 0.29) is 18.6 Å². The molecule has 2 atom stereocenters. The number of nitrogens with zero attached hydrogens (tertiary/aromatic N) is 2. The van der Waals surface area contributed by atoms with Gasteiger partial charge in [0.25, 0.3) is 5.91 Å². The van der Waals surface area contributed by atoms with Gasteiger partial charge >= 0.3 is 6.18 Å². The Morgan fingerprint density at radius 1 is 1.02 bits per heavy atom. The van der Waals surface area contributed by atoms with Crippen LogP contribution in [-0.4, -0.2) is 48.7 Å². The van der Waals surface area contributed by atoms with Gasteiger partial charge in [-0.15, -0.1) is 11.3 Å². The van der Waals surface area contributed by atoms with E-state index in [9.17, 15) is 22.8 Å². The number of rotatable bonds is 8. The highest BCUT2D eigenvalue weighted by Crippen LogP contribution is 2.50. The summed E-state index contributed by atoms with van der Waals surface area (Å²) >= 11 is 7.97. The van der Waals surface area contributed by atoms with Gasteiger partial charge < -0.3 is 15.1 Å². The Kier molecular flexibility index (Phi) is 8.61. The van der Waals surface area contributed by atoms with Crippen LogP contribution >= 0.6 is 22.9 Å². The van der Waals surface area contributed by atoms with E-state index in [2.05, 4.69) is 10.2 Å². The first-order chi connectivity index (χ1) is 21.2. The maximum Gasteiger partial charge on any atom is 0.406 e. The molecule has 10 heteroatoms. The van der Waals surface area contributed by atoms with E-state index in [0.29, 0.717) is 46.8 Å². The maximum atomic E-state index is 14.2. The van der Waals surface area contributed by atoms with Crippen molar-refractivity contribution in [1.82, 2.24) is 10.2 Å². The third-order valence-corrected chi connectivity index (χ3v) is 10.2. The second-order valence-electron chi connectivity index (χ2n) is 11.4. The van der Waals surface area contributed by atoms with Gasteiger partial charge in [0.05, 0.1) is 10.9 Å². The zero-order chi connectivity index (χ0) is 31.0. The molecule has 5 nitrogen and oxygen atoms in total. The van der Waals surface area contributed by atoms with Crippen molar-refractivity contribution in [1.29, 1.82) is 0 Å². The Hall–Kier alpha value is -3.56. The Balaban J connectivity index is 1.38. The van der Waals surface area contributed by atoms with E-state index in [0.717, 1.165) is 44.6 Å². The van der Waals surface area contributed by atoms with Crippen molar-refractivity contribution in [2.75, 3.05) is 24.5 Å². The van der Waals surface area contributed by atoms with E-state index in [1.165, 1.54) is 11.3 Å². The Morgan fingerprint density at radius 2 is 1.77 bits per heavy atom. The molecule has 1 fully saturated rings. The molecule has 1 N–H and O–H groups in total. The highest BCUT2D eigenvalue weighted by atomic mass is 35.5. The number of alkyl halides is 3. The summed E-state index contributed by atoms with van der Waals surface area (Å²) in [6.45, 7) is 1.26. The molecule has 2 unspecified atom stereocenters. The summed E-state index contributed by atoms with van der Waals surface area (Å²) < 4.78 is 42.0. The van der Waals surface area contributed by atoms with Crippen molar-refractivity contribution in [3.05, 3.63) is 87.8 Å². The topological polar surface area (TPSA) is 52.7 Å². The van der Waals surface area contributed by atoms with Crippen LogP contribution in [0.15, 0.2) is 66.7 Å². The standard InChI is InChI=1S/C34H33ClF3N3O2S/c1-2-3-18-40(20-34(36,37)38)33(43)29-23-12-5-4-11-21(23)22-14-10-15-25(28(22)29)41-19-9-8-17-27(41)39-32(42)31-30(35)24-13-6-7-16-26(24)44-31/h4-7,10-16,27,29H,2-3,8-9,17-20H2,1H3,(H,39,42). The molecule has 6 rings (SSSR count). The SMILES string of the molecule is CCCCN(CC(F)(F)F)C(=O)C1c2ccccc2-c2cccc(N3CCCCC3NC(=O)c3sc4ccccc4c3Cl)c21. The van der Waals surface area contributed by atoms with Gasteiger partial charge in [-0.2, -0.15) is 13.2 Å². The molecule has 44 heavy (non-hydrogen) atoms. The van der Waals surface area contributed by atoms with Crippen LogP contribution < -0.4 is 10.2 Å². The minimum absolute atomic E-state index is 0.0311. The molecular formula is C34H33ClF3N3O2S. The average molecular weight is 640 g/mol. The molecule has 0 radical (unpaired) electrons. The number of thiophene rings is 1. The van der Waals surface area contributed by atoms with Crippen LogP contribution in [0.1, 0.15) is 65.7 Å². The molecule has 2 amide bonds. The third-order valence-electron chi connectivity index (χ3n) is 8.50. The number of carbonyl (C=O) groups excluding carboxylic acids is 2. The minimum Gasteiger partial charge on any atom is -0.351 e. The second-order valence-corrected chi connectivity index (χ2v) is 12.8. The Labute approximate surface area is 263 Å². The molecule has 230 valence electrons. The lowest BCUT2D eigenvalue weighted by Gasteiger charge is -2.39. The zero-order valence-corrected chi connectivity index (χ0v) is 25.9. The summed E-state index contributed by atoms with van der Waals surface area (Å²) in [6.07, 6.45) is -1.29. The van der Waals surface area contributed by atoms with E-state index in [1.54, 1.807) is 0 Å². The van der Waals surface area contributed by atoms with E-state index in [1.807, 2.05) is 73.7 Å². The predicted molar refractivity (Wildman–Crippen MR) is 171 cm³/mol. The van der Waals surface area contributed by atoms with Crippen molar-refractivity contribution in [2.24, 2.45) is 0 Å². The maximum absolute atomic E-state index is 14.2. The van der Waals surface area contributed by atoms with Crippen LogP contribution in [0.2, 0.25) is 5.02 Å². The summed E-state index contributed by atoms with van der Waals surface area (Å²) in [6, 6.07) is 20.8. The Morgan fingerprint density at radius 3 is 2.55 bits per heavy atom. The Bertz CT molecular complexity index is 1700. The molecular weight excluding hydrogens is 607 g/mol. The second kappa shape index (κ2) is 12.4.